The Labute approximate surface area is 123 Å². The molecule has 0 amide bonds. The monoisotopic (exact) mass is 296 g/mol. The molecular weight excluding hydrogens is 279 g/mol. The molecule has 0 saturated carbocycles. The van der Waals surface area contributed by atoms with Crippen LogP contribution in [0.15, 0.2) is 24.3 Å². The van der Waals surface area contributed by atoms with E-state index < -0.39 is 0 Å². The van der Waals surface area contributed by atoms with Gasteiger partial charge in [-0.1, -0.05) is 44.5 Å². The lowest BCUT2D eigenvalue weighted by Crippen LogP contribution is -2.15. The van der Waals surface area contributed by atoms with E-state index in [1.807, 2.05) is 26.8 Å². The molecule has 0 spiro atoms. The summed E-state index contributed by atoms with van der Waals surface area (Å²) in [6.07, 6.45) is 0. The van der Waals surface area contributed by atoms with Gasteiger partial charge in [-0.25, -0.2) is 9.07 Å². The van der Waals surface area contributed by atoms with Crippen LogP contribution < -0.4 is 0 Å². The molecule has 0 aliphatic heterocycles. The van der Waals surface area contributed by atoms with Crippen LogP contribution in [0.1, 0.15) is 37.6 Å². The second kappa shape index (κ2) is 5.54. The Morgan fingerprint density at radius 1 is 1.35 bits per heavy atom. The number of hydrogen-bond acceptors (Lipinski definition) is 2. The van der Waals surface area contributed by atoms with Crippen molar-refractivity contribution in [2.45, 2.75) is 39.3 Å². The maximum atomic E-state index is 13.2. The van der Waals surface area contributed by atoms with E-state index in [9.17, 15) is 9.50 Å². The Morgan fingerprint density at radius 3 is 2.55 bits per heavy atom. The van der Waals surface area contributed by atoms with Crippen LogP contribution in [0, 0.1) is 5.82 Å². The van der Waals surface area contributed by atoms with Gasteiger partial charge in [0.15, 0.2) is 0 Å². The lowest BCUT2D eigenvalue weighted by Gasteiger charge is -2.16. The topological polar surface area (TPSA) is 38.0 Å². The minimum absolute atomic E-state index is 0.158. The highest BCUT2D eigenvalue weighted by molar-refractivity contribution is 6.30. The first kappa shape index (κ1) is 15.0. The van der Waals surface area contributed by atoms with Crippen LogP contribution in [0.5, 0.6) is 0 Å². The van der Waals surface area contributed by atoms with Crippen LogP contribution in [-0.2, 0) is 18.6 Å². The predicted molar refractivity (Wildman–Crippen MR) is 77.4 cm³/mol. The fourth-order valence-electron chi connectivity index (χ4n) is 2.13. The van der Waals surface area contributed by atoms with Gasteiger partial charge in [0.2, 0.25) is 0 Å². The molecule has 1 aromatic heterocycles. The van der Waals surface area contributed by atoms with E-state index in [-0.39, 0.29) is 17.8 Å². The lowest BCUT2D eigenvalue weighted by molar-refractivity contribution is 0.278. The molecule has 0 aliphatic carbocycles. The fraction of sp³-hybridized carbons (Fsp3) is 0.400. The number of rotatable bonds is 3. The number of aliphatic hydroxyl groups excluding tert-OH is 1. The van der Waals surface area contributed by atoms with Crippen molar-refractivity contribution in [1.82, 2.24) is 9.78 Å². The summed E-state index contributed by atoms with van der Waals surface area (Å²) in [5.74, 6) is -0.288. The second-order valence-corrected chi connectivity index (χ2v) is 6.17. The Morgan fingerprint density at radius 2 is 2.05 bits per heavy atom. The number of hydrogen-bond donors (Lipinski definition) is 1. The molecule has 3 nitrogen and oxygen atoms in total. The molecule has 20 heavy (non-hydrogen) atoms. The normalized spacial score (nSPS) is 11.9. The summed E-state index contributed by atoms with van der Waals surface area (Å²) in [5.41, 5.74) is 1.96. The first-order valence-corrected chi connectivity index (χ1v) is 6.81. The van der Waals surface area contributed by atoms with Crippen LogP contribution in [0.2, 0.25) is 5.15 Å². The van der Waals surface area contributed by atoms with Gasteiger partial charge in [0, 0.05) is 11.0 Å². The van der Waals surface area contributed by atoms with E-state index >= 15 is 0 Å². The van der Waals surface area contributed by atoms with E-state index in [2.05, 4.69) is 5.10 Å². The standard InChI is InChI=1S/C15H18ClFN2O/c1-15(2,3)13-12(9-20)14(16)19(18-13)8-10-5-4-6-11(17)7-10/h4-7,20H,8-9H2,1-3H3. The Kier molecular flexibility index (Phi) is 4.16. The average molecular weight is 297 g/mol. The summed E-state index contributed by atoms with van der Waals surface area (Å²) in [6.45, 7) is 6.25. The Balaban J connectivity index is 2.41. The molecule has 1 N–H and O–H groups in total. The first-order chi connectivity index (χ1) is 9.32. The minimum Gasteiger partial charge on any atom is -0.391 e. The Hall–Kier alpha value is -1.39. The van der Waals surface area contributed by atoms with Crippen molar-refractivity contribution in [3.63, 3.8) is 0 Å². The molecule has 108 valence electrons. The highest BCUT2D eigenvalue weighted by Gasteiger charge is 2.25. The van der Waals surface area contributed by atoms with E-state index in [1.165, 1.54) is 12.1 Å². The average Bonchev–Trinajstić information content (AvgIpc) is 2.66. The Bertz CT molecular complexity index is 617. The SMILES string of the molecule is CC(C)(C)c1nn(Cc2cccc(F)c2)c(Cl)c1CO. The molecule has 0 unspecified atom stereocenters. The van der Waals surface area contributed by atoms with Crippen LogP contribution in [0.4, 0.5) is 4.39 Å². The van der Waals surface area contributed by atoms with Crippen molar-refractivity contribution in [2.24, 2.45) is 0 Å². The smallest absolute Gasteiger partial charge is 0.133 e. The van der Waals surface area contributed by atoms with Gasteiger partial charge in [-0.05, 0) is 17.7 Å². The van der Waals surface area contributed by atoms with Crippen LogP contribution in [0.3, 0.4) is 0 Å². The molecule has 2 rings (SSSR count). The molecule has 2 aromatic rings. The van der Waals surface area contributed by atoms with Gasteiger partial charge in [0.05, 0.1) is 18.8 Å². The quantitative estimate of drug-likeness (QED) is 0.941. The van der Waals surface area contributed by atoms with Gasteiger partial charge >= 0.3 is 0 Å². The summed E-state index contributed by atoms with van der Waals surface area (Å²) < 4.78 is 14.8. The highest BCUT2D eigenvalue weighted by Crippen LogP contribution is 2.30. The number of aromatic nitrogens is 2. The molecule has 0 radical (unpaired) electrons. The van der Waals surface area contributed by atoms with Crippen molar-refractivity contribution in [2.75, 3.05) is 0 Å². The van der Waals surface area contributed by atoms with Gasteiger partial charge in [0.1, 0.15) is 11.0 Å². The van der Waals surface area contributed by atoms with Crippen LogP contribution in [0.25, 0.3) is 0 Å². The van der Waals surface area contributed by atoms with Gasteiger partial charge in [0.25, 0.3) is 0 Å². The zero-order chi connectivity index (χ0) is 14.9. The number of halogens is 2. The number of nitrogens with zero attached hydrogens (tertiary/aromatic N) is 2. The highest BCUT2D eigenvalue weighted by atomic mass is 35.5. The van der Waals surface area contributed by atoms with Crippen molar-refractivity contribution in [3.8, 4) is 0 Å². The van der Waals surface area contributed by atoms with Gasteiger partial charge in [-0.15, -0.1) is 0 Å². The van der Waals surface area contributed by atoms with Gasteiger partial charge < -0.3 is 5.11 Å². The van der Waals surface area contributed by atoms with Crippen molar-refractivity contribution >= 4 is 11.6 Å². The number of benzene rings is 1. The van der Waals surface area contributed by atoms with Crippen molar-refractivity contribution < 1.29 is 9.50 Å². The van der Waals surface area contributed by atoms with Crippen LogP contribution >= 0.6 is 11.6 Å². The minimum atomic E-state index is -0.288. The molecule has 1 aromatic carbocycles. The molecule has 0 fully saturated rings. The lowest BCUT2D eigenvalue weighted by atomic mass is 9.90. The molecule has 0 atom stereocenters. The third-order valence-corrected chi connectivity index (χ3v) is 3.50. The summed E-state index contributed by atoms with van der Waals surface area (Å²) in [7, 11) is 0. The van der Waals surface area contributed by atoms with Gasteiger partial charge in [-0.2, -0.15) is 5.10 Å². The van der Waals surface area contributed by atoms with Crippen molar-refractivity contribution in [3.05, 3.63) is 52.1 Å². The number of aliphatic hydroxyl groups is 1. The predicted octanol–water partition coefficient (Wildman–Crippen LogP) is 3.51. The molecule has 0 bridgehead atoms. The fourth-order valence-corrected chi connectivity index (χ4v) is 2.38. The molecular formula is C15H18ClFN2O. The summed E-state index contributed by atoms with van der Waals surface area (Å²) in [6, 6.07) is 6.32. The van der Waals surface area contributed by atoms with E-state index in [4.69, 9.17) is 11.6 Å². The van der Waals surface area contributed by atoms with Gasteiger partial charge in [-0.3, -0.25) is 0 Å². The molecule has 0 aliphatic rings. The molecule has 5 heteroatoms. The summed E-state index contributed by atoms with van der Waals surface area (Å²) >= 11 is 6.27. The summed E-state index contributed by atoms with van der Waals surface area (Å²) in [4.78, 5) is 0. The summed E-state index contributed by atoms with van der Waals surface area (Å²) in [5, 5.41) is 14.4. The van der Waals surface area contributed by atoms with Crippen molar-refractivity contribution in [1.29, 1.82) is 0 Å². The maximum Gasteiger partial charge on any atom is 0.133 e. The van der Waals surface area contributed by atoms with E-state index in [1.54, 1.807) is 10.7 Å². The third-order valence-electron chi connectivity index (χ3n) is 3.07. The molecule has 0 saturated heterocycles. The largest absolute Gasteiger partial charge is 0.391 e. The maximum absolute atomic E-state index is 13.2. The molecule has 1 heterocycles. The first-order valence-electron chi connectivity index (χ1n) is 6.44. The zero-order valence-electron chi connectivity index (χ0n) is 11.8. The zero-order valence-corrected chi connectivity index (χ0v) is 12.6. The van der Waals surface area contributed by atoms with E-state index in [0.717, 1.165) is 11.3 Å². The second-order valence-electron chi connectivity index (χ2n) is 5.81. The van der Waals surface area contributed by atoms with Crippen LogP contribution in [-0.4, -0.2) is 14.9 Å². The third kappa shape index (κ3) is 3.02. The van der Waals surface area contributed by atoms with E-state index in [0.29, 0.717) is 17.3 Å².